The molecule has 20 heavy (non-hydrogen) atoms. The molecular weight excluding hydrogens is 252 g/mol. The van der Waals surface area contributed by atoms with Gasteiger partial charge in [0, 0.05) is 6.42 Å². The minimum Gasteiger partial charge on any atom is -0.494 e. The molecule has 1 aliphatic rings. The van der Waals surface area contributed by atoms with Crippen LogP contribution in [-0.2, 0) is 0 Å². The number of benzene rings is 2. The molecule has 0 bridgehead atoms. The Hall–Kier alpha value is -2.29. The molecule has 1 heterocycles. The van der Waals surface area contributed by atoms with E-state index < -0.39 is 0 Å². The van der Waals surface area contributed by atoms with Gasteiger partial charge in [-0.2, -0.15) is 0 Å². The highest BCUT2D eigenvalue weighted by Crippen LogP contribution is 2.31. The van der Waals surface area contributed by atoms with Crippen molar-refractivity contribution >= 4 is 5.78 Å². The molecule has 0 saturated heterocycles. The van der Waals surface area contributed by atoms with Crippen LogP contribution >= 0.6 is 0 Å². The summed E-state index contributed by atoms with van der Waals surface area (Å²) in [6.45, 7) is 3.10. The van der Waals surface area contributed by atoms with Crippen LogP contribution in [0.25, 0.3) is 11.1 Å². The lowest BCUT2D eigenvalue weighted by molar-refractivity contribution is 0.0933. The van der Waals surface area contributed by atoms with E-state index in [1.54, 1.807) is 0 Å². The fourth-order valence-corrected chi connectivity index (χ4v) is 2.35. The number of hydrogen-bond donors (Lipinski definition) is 0. The van der Waals surface area contributed by atoms with Gasteiger partial charge in [-0.3, -0.25) is 4.79 Å². The molecule has 0 spiro atoms. The van der Waals surface area contributed by atoms with Crippen molar-refractivity contribution in [2.75, 3.05) is 13.2 Å². The van der Waals surface area contributed by atoms with Gasteiger partial charge >= 0.3 is 0 Å². The maximum atomic E-state index is 11.8. The lowest BCUT2D eigenvalue weighted by Gasteiger charge is -2.17. The summed E-state index contributed by atoms with van der Waals surface area (Å²) in [5.74, 6) is 1.71. The summed E-state index contributed by atoms with van der Waals surface area (Å²) >= 11 is 0. The number of Topliss-reactive ketones (excluding diaryl/α,β-unsaturated/α-hetero) is 1. The van der Waals surface area contributed by atoms with E-state index in [2.05, 4.69) is 0 Å². The van der Waals surface area contributed by atoms with Crippen LogP contribution in [0.1, 0.15) is 23.7 Å². The lowest BCUT2D eigenvalue weighted by Crippen LogP contribution is -2.15. The molecule has 0 radical (unpaired) electrons. The van der Waals surface area contributed by atoms with Gasteiger partial charge in [0.2, 0.25) is 0 Å². The zero-order valence-corrected chi connectivity index (χ0v) is 11.4. The van der Waals surface area contributed by atoms with Crippen LogP contribution in [0.3, 0.4) is 0 Å². The van der Waals surface area contributed by atoms with Crippen molar-refractivity contribution in [1.82, 2.24) is 0 Å². The third-order valence-corrected chi connectivity index (χ3v) is 3.37. The van der Waals surface area contributed by atoms with Gasteiger partial charge in [-0.15, -0.1) is 0 Å². The Morgan fingerprint density at radius 1 is 1.10 bits per heavy atom. The van der Waals surface area contributed by atoms with Gasteiger partial charge in [0.05, 0.1) is 18.8 Å². The Balaban J connectivity index is 1.92. The fourth-order valence-electron chi connectivity index (χ4n) is 2.35. The molecule has 0 fully saturated rings. The van der Waals surface area contributed by atoms with Gasteiger partial charge < -0.3 is 9.47 Å². The van der Waals surface area contributed by atoms with E-state index in [4.69, 9.17) is 9.47 Å². The summed E-state index contributed by atoms with van der Waals surface area (Å²) in [4.78, 5) is 11.8. The predicted molar refractivity (Wildman–Crippen MR) is 77.5 cm³/mol. The maximum absolute atomic E-state index is 11.8. The summed E-state index contributed by atoms with van der Waals surface area (Å²) in [6.07, 6.45) is 0.468. The Morgan fingerprint density at radius 2 is 1.85 bits per heavy atom. The van der Waals surface area contributed by atoms with Crippen LogP contribution in [0.5, 0.6) is 11.5 Å². The third kappa shape index (κ3) is 2.39. The molecule has 3 rings (SSSR count). The molecule has 0 aliphatic carbocycles. The second-order valence-electron chi connectivity index (χ2n) is 4.69. The molecular formula is C17H16O3. The van der Waals surface area contributed by atoms with Crippen LogP contribution in [-0.4, -0.2) is 19.0 Å². The molecule has 0 amide bonds. The van der Waals surface area contributed by atoms with Gasteiger partial charge in [-0.25, -0.2) is 0 Å². The van der Waals surface area contributed by atoms with Crippen molar-refractivity contribution in [2.24, 2.45) is 0 Å². The number of fused-ring (bicyclic) bond motifs is 1. The smallest absolute Gasteiger partial charge is 0.169 e. The highest BCUT2D eigenvalue weighted by Gasteiger charge is 2.18. The molecule has 0 atom stereocenters. The molecule has 0 N–H and O–H groups in total. The topological polar surface area (TPSA) is 35.5 Å². The minimum atomic E-state index is 0.157. The molecule has 0 aromatic heterocycles. The Bertz CT molecular complexity index is 629. The second-order valence-corrected chi connectivity index (χ2v) is 4.69. The first-order valence-corrected chi connectivity index (χ1v) is 6.81. The molecule has 2 aromatic carbocycles. The summed E-state index contributed by atoms with van der Waals surface area (Å²) in [6, 6.07) is 13.7. The number of rotatable bonds is 3. The van der Waals surface area contributed by atoms with Crippen molar-refractivity contribution in [1.29, 1.82) is 0 Å². The van der Waals surface area contributed by atoms with E-state index in [0.29, 0.717) is 30.9 Å². The van der Waals surface area contributed by atoms with Crippen LogP contribution < -0.4 is 9.47 Å². The first-order valence-electron chi connectivity index (χ1n) is 6.81. The summed E-state index contributed by atoms with van der Waals surface area (Å²) in [5, 5.41) is 0. The van der Waals surface area contributed by atoms with E-state index in [9.17, 15) is 4.79 Å². The van der Waals surface area contributed by atoms with E-state index in [1.807, 2.05) is 49.4 Å². The van der Waals surface area contributed by atoms with Crippen LogP contribution in [0.2, 0.25) is 0 Å². The van der Waals surface area contributed by atoms with Gasteiger partial charge in [-0.1, -0.05) is 18.2 Å². The Kier molecular flexibility index (Phi) is 3.42. The summed E-state index contributed by atoms with van der Waals surface area (Å²) in [7, 11) is 0. The van der Waals surface area contributed by atoms with Gasteiger partial charge in [0.1, 0.15) is 11.5 Å². The third-order valence-electron chi connectivity index (χ3n) is 3.37. The van der Waals surface area contributed by atoms with Crippen molar-refractivity contribution in [3.8, 4) is 22.6 Å². The van der Waals surface area contributed by atoms with Gasteiger partial charge in [0.15, 0.2) is 5.78 Å². The average Bonchev–Trinajstić information content (AvgIpc) is 2.48. The van der Waals surface area contributed by atoms with Crippen LogP contribution in [0.15, 0.2) is 42.5 Å². The SMILES string of the molecule is CCOc1ccc(-c2ccc3c(c2)OCCC3=O)cc1. The summed E-state index contributed by atoms with van der Waals surface area (Å²) in [5.41, 5.74) is 2.81. The van der Waals surface area contributed by atoms with Crippen molar-refractivity contribution in [3.63, 3.8) is 0 Å². The number of ketones is 1. The molecule has 3 heteroatoms. The standard InChI is InChI=1S/C17H16O3/c1-2-19-14-6-3-12(4-7-14)13-5-8-15-16(18)9-10-20-17(15)11-13/h3-8,11H,2,9-10H2,1H3. The lowest BCUT2D eigenvalue weighted by atomic mass is 9.99. The zero-order chi connectivity index (χ0) is 13.9. The predicted octanol–water partition coefficient (Wildman–Crippen LogP) is 3.72. The normalized spacial score (nSPS) is 13.6. The van der Waals surface area contributed by atoms with Crippen molar-refractivity contribution in [3.05, 3.63) is 48.0 Å². The molecule has 102 valence electrons. The monoisotopic (exact) mass is 268 g/mol. The maximum Gasteiger partial charge on any atom is 0.169 e. The highest BCUT2D eigenvalue weighted by atomic mass is 16.5. The van der Waals surface area contributed by atoms with Crippen molar-refractivity contribution in [2.45, 2.75) is 13.3 Å². The van der Waals surface area contributed by atoms with Crippen molar-refractivity contribution < 1.29 is 14.3 Å². The number of carbonyl (C=O) groups is 1. The van der Waals surface area contributed by atoms with Crippen LogP contribution in [0, 0.1) is 0 Å². The van der Waals surface area contributed by atoms with E-state index in [0.717, 1.165) is 16.9 Å². The quantitative estimate of drug-likeness (QED) is 0.851. The number of hydrogen-bond acceptors (Lipinski definition) is 3. The fraction of sp³-hybridized carbons (Fsp3) is 0.235. The Morgan fingerprint density at radius 3 is 2.60 bits per heavy atom. The minimum absolute atomic E-state index is 0.157. The van der Waals surface area contributed by atoms with Gasteiger partial charge in [-0.05, 0) is 42.3 Å². The first kappa shape index (κ1) is 12.7. The number of carbonyl (C=O) groups excluding carboxylic acids is 1. The van der Waals surface area contributed by atoms with E-state index in [-0.39, 0.29) is 5.78 Å². The van der Waals surface area contributed by atoms with Crippen LogP contribution in [0.4, 0.5) is 0 Å². The number of ether oxygens (including phenoxy) is 2. The van der Waals surface area contributed by atoms with Gasteiger partial charge in [0.25, 0.3) is 0 Å². The first-order chi connectivity index (χ1) is 9.78. The van der Waals surface area contributed by atoms with E-state index >= 15 is 0 Å². The largest absolute Gasteiger partial charge is 0.494 e. The molecule has 0 unspecified atom stereocenters. The molecule has 3 nitrogen and oxygen atoms in total. The zero-order valence-electron chi connectivity index (χ0n) is 11.4. The highest BCUT2D eigenvalue weighted by molar-refractivity contribution is 6.00. The molecule has 0 saturated carbocycles. The Labute approximate surface area is 118 Å². The second kappa shape index (κ2) is 5.37. The average molecular weight is 268 g/mol. The summed E-state index contributed by atoms with van der Waals surface area (Å²) < 4.78 is 11.0. The molecule has 1 aliphatic heterocycles. The molecule has 2 aromatic rings. The van der Waals surface area contributed by atoms with E-state index in [1.165, 1.54) is 0 Å².